The number of rotatable bonds is 7. The monoisotopic (exact) mass is 315 g/mol. The summed E-state index contributed by atoms with van der Waals surface area (Å²) in [4.78, 5) is 15.7. The summed E-state index contributed by atoms with van der Waals surface area (Å²) < 4.78 is 32.6. The molecule has 1 atom stereocenters. The molecule has 0 aliphatic heterocycles. The maximum absolute atomic E-state index is 12.2. The molecule has 1 unspecified atom stereocenters. The smallest absolute Gasteiger partial charge is 0.324 e. The third-order valence-electron chi connectivity index (χ3n) is 2.92. The molecular weight excluding hydrogens is 294 g/mol. The molecule has 0 bridgehead atoms. The Labute approximate surface area is 125 Å². The molecule has 8 heteroatoms. The van der Waals surface area contributed by atoms with Gasteiger partial charge in [0.05, 0.1) is 19.3 Å². The van der Waals surface area contributed by atoms with Gasteiger partial charge in [0.2, 0.25) is 0 Å². The molecule has 1 N–H and O–H groups in total. The van der Waals surface area contributed by atoms with Gasteiger partial charge in [-0.15, -0.1) is 0 Å². The van der Waals surface area contributed by atoms with Crippen LogP contribution in [-0.4, -0.2) is 43.9 Å². The highest BCUT2D eigenvalue weighted by Crippen LogP contribution is 2.09. The van der Waals surface area contributed by atoms with Gasteiger partial charge in [-0.1, -0.05) is 19.9 Å². The minimum absolute atomic E-state index is 0.113. The van der Waals surface area contributed by atoms with E-state index < -0.39 is 22.2 Å². The summed E-state index contributed by atoms with van der Waals surface area (Å²) in [5.74, 6) is -0.838. The van der Waals surface area contributed by atoms with Crippen molar-refractivity contribution in [3.8, 4) is 0 Å². The van der Waals surface area contributed by atoms with E-state index in [1.165, 1.54) is 14.2 Å². The third kappa shape index (κ3) is 5.07. The first-order valence-electron chi connectivity index (χ1n) is 6.49. The van der Waals surface area contributed by atoms with E-state index in [4.69, 9.17) is 0 Å². The van der Waals surface area contributed by atoms with Crippen molar-refractivity contribution in [2.24, 2.45) is 5.92 Å². The fourth-order valence-electron chi connectivity index (χ4n) is 1.64. The minimum atomic E-state index is -3.82. The van der Waals surface area contributed by atoms with Gasteiger partial charge in [-0.3, -0.25) is 9.78 Å². The van der Waals surface area contributed by atoms with Crippen molar-refractivity contribution in [3.05, 3.63) is 30.1 Å². The molecule has 0 spiro atoms. The van der Waals surface area contributed by atoms with Crippen LogP contribution in [0.15, 0.2) is 24.4 Å². The van der Waals surface area contributed by atoms with Gasteiger partial charge in [0.1, 0.15) is 6.04 Å². The Hall–Kier alpha value is -1.51. The molecule has 1 aromatic rings. The average Bonchev–Trinajstić information content (AvgIpc) is 2.44. The van der Waals surface area contributed by atoms with Crippen molar-refractivity contribution in [3.63, 3.8) is 0 Å². The van der Waals surface area contributed by atoms with E-state index in [1.54, 1.807) is 38.2 Å². The number of hydrogen-bond acceptors (Lipinski definition) is 5. The number of carbonyl (C=O) groups excluding carboxylic acids is 1. The topological polar surface area (TPSA) is 88.6 Å². The zero-order valence-electron chi connectivity index (χ0n) is 12.6. The molecule has 1 aromatic heterocycles. The Balaban J connectivity index is 2.82. The number of methoxy groups -OCH3 is 1. The molecule has 0 amide bonds. The molecule has 0 radical (unpaired) electrons. The van der Waals surface area contributed by atoms with Crippen molar-refractivity contribution in [1.82, 2.24) is 14.0 Å². The SMILES string of the molecule is COC(=O)C(NS(=O)(=O)N(C)Cc1ccccn1)C(C)C. The molecule has 0 aliphatic carbocycles. The van der Waals surface area contributed by atoms with Crippen LogP contribution in [0.4, 0.5) is 0 Å². The molecule has 0 saturated carbocycles. The Kier molecular flexibility index (Phi) is 6.25. The van der Waals surface area contributed by atoms with E-state index in [0.717, 1.165) is 4.31 Å². The van der Waals surface area contributed by atoms with E-state index in [2.05, 4.69) is 14.4 Å². The lowest BCUT2D eigenvalue weighted by atomic mass is 10.1. The zero-order valence-corrected chi connectivity index (χ0v) is 13.4. The van der Waals surface area contributed by atoms with Crippen LogP contribution in [0.1, 0.15) is 19.5 Å². The standard InChI is InChI=1S/C13H21N3O4S/c1-10(2)12(13(17)20-4)15-21(18,19)16(3)9-11-7-5-6-8-14-11/h5-8,10,12,15H,9H2,1-4H3. The Morgan fingerprint density at radius 1 is 1.43 bits per heavy atom. The molecule has 1 heterocycles. The molecule has 0 aliphatic rings. The number of hydrogen-bond donors (Lipinski definition) is 1. The minimum Gasteiger partial charge on any atom is -0.468 e. The molecule has 1 rings (SSSR count). The van der Waals surface area contributed by atoms with Gasteiger partial charge in [0.25, 0.3) is 10.2 Å². The highest BCUT2D eigenvalue weighted by atomic mass is 32.2. The lowest BCUT2D eigenvalue weighted by molar-refractivity contribution is -0.143. The lowest BCUT2D eigenvalue weighted by Gasteiger charge is -2.23. The summed E-state index contributed by atoms with van der Waals surface area (Å²) >= 11 is 0. The molecule has 118 valence electrons. The van der Waals surface area contributed by atoms with Crippen molar-refractivity contribution in [1.29, 1.82) is 0 Å². The van der Waals surface area contributed by atoms with Crippen LogP contribution in [0.2, 0.25) is 0 Å². The number of pyridine rings is 1. The van der Waals surface area contributed by atoms with Gasteiger partial charge in [-0.25, -0.2) is 0 Å². The highest BCUT2D eigenvalue weighted by Gasteiger charge is 2.30. The maximum Gasteiger partial charge on any atom is 0.324 e. The van der Waals surface area contributed by atoms with Crippen molar-refractivity contribution < 1.29 is 17.9 Å². The van der Waals surface area contributed by atoms with Crippen molar-refractivity contribution >= 4 is 16.2 Å². The largest absolute Gasteiger partial charge is 0.468 e. The number of aromatic nitrogens is 1. The molecule has 0 fully saturated rings. The van der Waals surface area contributed by atoms with E-state index in [1.807, 2.05) is 0 Å². The summed E-state index contributed by atoms with van der Waals surface area (Å²) in [6, 6.07) is 4.34. The van der Waals surface area contributed by atoms with Gasteiger partial charge in [-0.2, -0.15) is 17.4 Å². The summed E-state index contributed by atoms with van der Waals surface area (Å²) in [6.07, 6.45) is 1.59. The Morgan fingerprint density at radius 3 is 2.57 bits per heavy atom. The number of nitrogens with one attached hydrogen (secondary N) is 1. The van der Waals surface area contributed by atoms with Crippen LogP contribution < -0.4 is 4.72 Å². The van der Waals surface area contributed by atoms with Crippen LogP contribution in [0.5, 0.6) is 0 Å². The second kappa shape index (κ2) is 7.48. The number of esters is 1. The summed E-state index contributed by atoms with van der Waals surface area (Å²) in [5.41, 5.74) is 0.615. The first-order chi connectivity index (χ1) is 9.77. The lowest BCUT2D eigenvalue weighted by Crippen LogP contribution is -2.49. The second-order valence-electron chi connectivity index (χ2n) is 4.94. The summed E-state index contributed by atoms with van der Waals surface area (Å²) in [7, 11) is -1.17. The number of nitrogens with zero attached hydrogens (tertiary/aromatic N) is 2. The fraction of sp³-hybridized carbons (Fsp3) is 0.538. The van der Waals surface area contributed by atoms with E-state index >= 15 is 0 Å². The first-order valence-corrected chi connectivity index (χ1v) is 7.93. The predicted octanol–water partition coefficient (Wildman–Crippen LogP) is 0.545. The zero-order chi connectivity index (χ0) is 16.0. The van der Waals surface area contributed by atoms with Crippen LogP contribution in [-0.2, 0) is 26.3 Å². The second-order valence-corrected chi connectivity index (χ2v) is 6.75. The van der Waals surface area contributed by atoms with E-state index in [-0.39, 0.29) is 12.5 Å². The first kappa shape index (κ1) is 17.5. The van der Waals surface area contributed by atoms with Crippen molar-refractivity contribution in [2.45, 2.75) is 26.4 Å². The fourth-order valence-corrected chi connectivity index (χ4v) is 2.81. The normalized spacial score (nSPS) is 13.4. The molecule has 0 saturated heterocycles. The van der Waals surface area contributed by atoms with Gasteiger partial charge < -0.3 is 4.74 Å². The quantitative estimate of drug-likeness (QED) is 0.742. The van der Waals surface area contributed by atoms with Crippen LogP contribution in [0.25, 0.3) is 0 Å². The molecule has 0 aromatic carbocycles. The predicted molar refractivity (Wildman–Crippen MR) is 78.4 cm³/mol. The van der Waals surface area contributed by atoms with Gasteiger partial charge in [-0.05, 0) is 18.1 Å². The summed E-state index contributed by atoms with van der Waals surface area (Å²) in [5, 5.41) is 0. The summed E-state index contributed by atoms with van der Waals surface area (Å²) in [6.45, 7) is 3.59. The molecule has 7 nitrogen and oxygen atoms in total. The van der Waals surface area contributed by atoms with Gasteiger partial charge >= 0.3 is 5.97 Å². The maximum atomic E-state index is 12.2. The third-order valence-corrected chi connectivity index (χ3v) is 4.42. The number of carbonyl (C=O) groups is 1. The van der Waals surface area contributed by atoms with Crippen LogP contribution >= 0.6 is 0 Å². The average molecular weight is 315 g/mol. The molecular formula is C13H21N3O4S. The van der Waals surface area contributed by atoms with E-state index in [9.17, 15) is 13.2 Å². The Morgan fingerprint density at radius 2 is 2.10 bits per heavy atom. The van der Waals surface area contributed by atoms with Crippen LogP contribution in [0, 0.1) is 5.92 Å². The molecule has 21 heavy (non-hydrogen) atoms. The van der Waals surface area contributed by atoms with Crippen molar-refractivity contribution in [2.75, 3.05) is 14.2 Å². The Bertz CT molecular complexity index is 560. The highest BCUT2D eigenvalue weighted by molar-refractivity contribution is 7.87. The van der Waals surface area contributed by atoms with Crippen LogP contribution in [0.3, 0.4) is 0 Å². The van der Waals surface area contributed by atoms with Gasteiger partial charge in [0, 0.05) is 13.2 Å². The number of ether oxygens (including phenoxy) is 1. The van der Waals surface area contributed by atoms with Gasteiger partial charge in [0.15, 0.2) is 0 Å². The van der Waals surface area contributed by atoms with E-state index in [0.29, 0.717) is 5.69 Å².